The summed E-state index contributed by atoms with van der Waals surface area (Å²) in [5.41, 5.74) is -1.03. The molecular formula is C12H11ClN2O3. The quantitative estimate of drug-likeness (QED) is 0.790. The number of nitrogens with one attached hydrogen (secondary N) is 1. The van der Waals surface area contributed by atoms with Crippen LogP contribution in [0.25, 0.3) is 0 Å². The summed E-state index contributed by atoms with van der Waals surface area (Å²) in [5, 5.41) is 2.41. The zero-order valence-corrected chi connectivity index (χ0v) is 10.6. The number of nitrogens with zero attached hydrogens (tertiary/aromatic N) is 1. The van der Waals surface area contributed by atoms with Crippen molar-refractivity contribution in [2.75, 3.05) is 4.90 Å². The summed E-state index contributed by atoms with van der Waals surface area (Å²) in [5.74, 6) is -1.20. The highest BCUT2D eigenvalue weighted by molar-refractivity contribution is 6.37. The lowest BCUT2D eigenvalue weighted by molar-refractivity contribution is -0.140. The van der Waals surface area contributed by atoms with E-state index in [4.69, 9.17) is 11.6 Å². The molecule has 4 amide bonds. The highest BCUT2D eigenvalue weighted by Crippen LogP contribution is 2.32. The van der Waals surface area contributed by atoms with Crippen LogP contribution < -0.4 is 10.2 Å². The van der Waals surface area contributed by atoms with Crippen LogP contribution in [-0.4, -0.2) is 17.8 Å². The first kappa shape index (κ1) is 12.6. The number of barbiturate groups is 1. The number of imide groups is 2. The summed E-state index contributed by atoms with van der Waals surface area (Å²) < 4.78 is 0. The lowest BCUT2D eigenvalue weighted by Gasteiger charge is -2.34. The Morgan fingerprint density at radius 3 is 2.39 bits per heavy atom. The van der Waals surface area contributed by atoms with Crippen LogP contribution >= 0.6 is 11.6 Å². The van der Waals surface area contributed by atoms with Crippen LogP contribution in [0.1, 0.15) is 13.8 Å². The fourth-order valence-corrected chi connectivity index (χ4v) is 1.85. The van der Waals surface area contributed by atoms with E-state index in [1.807, 2.05) is 0 Å². The maximum atomic E-state index is 12.2. The molecule has 5 nitrogen and oxygen atoms in total. The van der Waals surface area contributed by atoms with Crippen LogP contribution in [0.15, 0.2) is 24.3 Å². The highest BCUT2D eigenvalue weighted by Gasteiger charge is 2.47. The Labute approximate surface area is 109 Å². The lowest BCUT2D eigenvalue weighted by atomic mass is 9.88. The third kappa shape index (κ3) is 1.76. The topological polar surface area (TPSA) is 66.5 Å². The van der Waals surface area contributed by atoms with Gasteiger partial charge in [-0.25, -0.2) is 9.69 Å². The summed E-state index contributed by atoms with van der Waals surface area (Å²) >= 11 is 5.96. The van der Waals surface area contributed by atoms with Gasteiger partial charge in [-0.1, -0.05) is 23.7 Å². The van der Waals surface area contributed by atoms with E-state index in [1.165, 1.54) is 13.8 Å². The van der Waals surface area contributed by atoms with Gasteiger partial charge in [-0.05, 0) is 26.0 Å². The lowest BCUT2D eigenvalue weighted by Crippen LogP contribution is -2.62. The minimum atomic E-state index is -1.30. The summed E-state index contributed by atoms with van der Waals surface area (Å²) in [4.78, 5) is 36.5. The smallest absolute Gasteiger partial charge is 0.276 e. The highest BCUT2D eigenvalue weighted by atomic mass is 35.5. The first-order valence-electron chi connectivity index (χ1n) is 5.30. The molecule has 1 saturated heterocycles. The van der Waals surface area contributed by atoms with Crippen LogP contribution in [0.2, 0.25) is 5.02 Å². The number of para-hydroxylation sites is 1. The van der Waals surface area contributed by atoms with Gasteiger partial charge in [0.25, 0.3) is 0 Å². The monoisotopic (exact) mass is 266 g/mol. The van der Waals surface area contributed by atoms with Crippen molar-refractivity contribution in [3.05, 3.63) is 29.3 Å². The molecule has 0 spiro atoms. The van der Waals surface area contributed by atoms with E-state index in [-0.39, 0.29) is 10.7 Å². The largest absolute Gasteiger partial charge is 0.335 e. The number of hydrogen-bond donors (Lipinski definition) is 1. The molecule has 1 aliphatic rings. The molecule has 6 heteroatoms. The van der Waals surface area contributed by atoms with E-state index < -0.39 is 23.3 Å². The molecule has 1 heterocycles. The Hall–Kier alpha value is -1.88. The van der Waals surface area contributed by atoms with Crippen LogP contribution in [0.4, 0.5) is 10.5 Å². The van der Waals surface area contributed by atoms with Crippen molar-refractivity contribution < 1.29 is 14.4 Å². The van der Waals surface area contributed by atoms with E-state index in [0.717, 1.165) is 4.90 Å². The molecule has 0 radical (unpaired) electrons. The van der Waals surface area contributed by atoms with Gasteiger partial charge in [-0.2, -0.15) is 0 Å². The van der Waals surface area contributed by atoms with E-state index in [1.54, 1.807) is 24.3 Å². The number of rotatable bonds is 1. The fraction of sp³-hybridized carbons (Fsp3) is 0.250. The summed E-state index contributed by atoms with van der Waals surface area (Å²) in [6.07, 6.45) is 0. The number of hydrogen-bond acceptors (Lipinski definition) is 3. The molecule has 1 fully saturated rings. The molecule has 0 bridgehead atoms. The van der Waals surface area contributed by atoms with Gasteiger partial charge >= 0.3 is 6.03 Å². The van der Waals surface area contributed by atoms with Crippen LogP contribution in [-0.2, 0) is 9.59 Å². The number of anilines is 1. The number of urea groups is 1. The third-order valence-corrected chi connectivity index (χ3v) is 3.14. The second kappa shape index (κ2) is 4.10. The SMILES string of the molecule is CC1(C)C(=O)NC(=O)N(c2ccccc2Cl)C1=O. The zero-order chi connectivity index (χ0) is 13.5. The van der Waals surface area contributed by atoms with Gasteiger partial charge < -0.3 is 0 Å². The van der Waals surface area contributed by atoms with E-state index in [0.29, 0.717) is 0 Å². The number of halogens is 1. The van der Waals surface area contributed by atoms with Crippen molar-refractivity contribution >= 4 is 35.1 Å². The fourth-order valence-electron chi connectivity index (χ4n) is 1.63. The Balaban J connectivity index is 2.51. The summed E-state index contributed by atoms with van der Waals surface area (Å²) in [6, 6.07) is 5.68. The average Bonchev–Trinajstić information content (AvgIpc) is 2.30. The predicted octanol–water partition coefficient (Wildman–Crippen LogP) is 1.95. The minimum absolute atomic E-state index is 0.266. The maximum Gasteiger partial charge on any atom is 0.335 e. The molecule has 18 heavy (non-hydrogen) atoms. The third-order valence-electron chi connectivity index (χ3n) is 2.82. The van der Waals surface area contributed by atoms with Crippen LogP contribution in [0.5, 0.6) is 0 Å². The zero-order valence-electron chi connectivity index (χ0n) is 9.86. The molecule has 1 N–H and O–H groups in total. The van der Waals surface area contributed by atoms with E-state index in [9.17, 15) is 14.4 Å². The van der Waals surface area contributed by atoms with Crippen molar-refractivity contribution in [3.63, 3.8) is 0 Å². The molecule has 0 saturated carbocycles. The Bertz CT molecular complexity index is 554. The number of carbonyl (C=O) groups is 3. The average molecular weight is 267 g/mol. The molecule has 1 aromatic rings. The van der Waals surface area contributed by atoms with Gasteiger partial charge in [-0.3, -0.25) is 14.9 Å². The molecule has 1 aromatic carbocycles. The predicted molar refractivity (Wildman–Crippen MR) is 66.3 cm³/mol. The van der Waals surface area contributed by atoms with Crippen molar-refractivity contribution in [1.29, 1.82) is 0 Å². The van der Waals surface area contributed by atoms with Gasteiger partial charge in [0.2, 0.25) is 11.8 Å². The molecule has 2 rings (SSSR count). The molecule has 94 valence electrons. The summed E-state index contributed by atoms with van der Waals surface area (Å²) in [7, 11) is 0. The van der Waals surface area contributed by atoms with Gasteiger partial charge in [-0.15, -0.1) is 0 Å². The standard InChI is InChI=1S/C12H11ClN2O3/c1-12(2)9(16)14-11(18)15(10(12)17)8-6-4-3-5-7(8)13/h3-6H,1-2H3,(H,14,16,18). The van der Waals surface area contributed by atoms with Crippen molar-refractivity contribution in [1.82, 2.24) is 5.32 Å². The maximum absolute atomic E-state index is 12.2. The minimum Gasteiger partial charge on any atom is -0.276 e. The molecule has 0 atom stereocenters. The Morgan fingerprint density at radius 2 is 1.78 bits per heavy atom. The second-order valence-electron chi connectivity index (χ2n) is 4.48. The molecule has 0 unspecified atom stereocenters. The van der Waals surface area contributed by atoms with Crippen molar-refractivity contribution in [3.8, 4) is 0 Å². The van der Waals surface area contributed by atoms with Crippen LogP contribution in [0.3, 0.4) is 0 Å². The summed E-state index contributed by atoms with van der Waals surface area (Å²) in [6.45, 7) is 2.92. The van der Waals surface area contributed by atoms with Crippen molar-refractivity contribution in [2.45, 2.75) is 13.8 Å². The molecule has 0 aromatic heterocycles. The first-order valence-corrected chi connectivity index (χ1v) is 5.68. The number of carbonyl (C=O) groups excluding carboxylic acids is 3. The van der Waals surface area contributed by atoms with Crippen LogP contribution in [0, 0.1) is 5.41 Å². The molecule has 0 aliphatic carbocycles. The Kier molecular flexibility index (Phi) is 2.86. The van der Waals surface area contributed by atoms with Crippen molar-refractivity contribution in [2.24, 2.45) is 5.41 Å². The van der Waals surface area contributed by atoms with E-state index >= 15 is 0 Å². The molecule has 1 aliphatic heterocycles. The second-order valence-corrected chi connectivity index (χ2v) is 4.88. The van der Waals surface area contributed by atoms with Gasteiger partial charge in [0.15, 0.2) is 0 Å². The molecular weight excluding hydrogens is 256 g/mol. The number of benzene rings is 1. The van der Waals surface area contributed by atoms with E-state index in [2.05, 4.69) is 5.32 Å². The van der Waals surface area contributed by atoms with Gasteiger partial charge in [0, 0.05) is 0 Å². The van der Waals surface area contributed by atoms with Gasteiger partial charge in [0.1, 0.15) is 5.41 Å². The number of amides is 4. The Morgan fingerprint density at radius 1 is 1.17 bits per heavy atom. The normalized spacial score (nSPS) is 18.8. The first-order chi connectivity index (χ1) is 8.35. The van der Waals surface area contributed by atoms with Gasteiger partial charge in [0.05, 0.1) is 10.7 Å².